The summed E-state index contributed by atoms with van der Waals surface area (Å²) in [7, 11) is 2.49. The van der Waals surface area contributed by atoms with Gasteiger partial charge in [0.1, 0.15) is 0 Å². The summed E-state index contributed by atoms with van der Waals surface area (Å²) >= 11 is 6.01. The molecule has 0 bridgehead atoms. The zero-order valence-corrected chi connectivity index (χ0v) is 22.8. The van der Waals surface area contributed by atoms with E-state index in [2.05, 4.69) is 20.9 Å². The van der Waals surface area contributed by atoms with Crippen LogP contribution in [0.15, 0.2) is 0 Å². The van der Waals surface area contributed by atoms with E-state index in [9.17, 15) is 0 Å². The highest BCUT2D eigenvalue weighted by Gasteiger charge is 2.19. The molecular formula is C26H55BrClN. The third-order valence-electron chi connectivity index (χ3n) is 6.43. The third kappa shape index (κ3) is 23.2. The minimum atomic E-state index is 0. The number of rotatable bonds is 23. The predicted molar refractivity (Wildman–Crippen MR) is 131 cm³/mol. The van der Waals surface area contributed by atoms with Crippen LogP contribution in [0.4, 0.5) is 0 Å². The number of unbranched alkanes of at least 4 members (excludes halogenated alkanes) is 16. The van der Waals surface area contributed by atoms with E-state index in [0.717, 1.165) is 5.88 Å². The smallest absolute Gasteiger partial charge is 0.0796 e. The lowest BCUT2D eigenvalue weighted by Crippen LogP contribution is -3.00. The Balaban J connectivity index is 0. The molecule has 0 aromatic carbocycles. The van der Waals surface area contributed by atoms with Crippen LogP contribution in [0.3, 0.4) is 0 Å². The summed E-state index contributed by atoms with van der Waals surface area (Å²) in [6.07, 6.45) is 26.9. The highest BCUT2D eigenvalue weighted by atomic mass is 79.9. The van der Waals surface area contributed by atoms with E-state index in [1.165, 1.54) is 146 Å². The Labute approximate surface area is 201 Å². The standard InChI is InChI=1S/C26H55ClN.BrH/c1-4-6-8-10-12-14-16-18-20-24-28(3,26-22-23-27)25-21-19-17-15-13-11-9-7-5-2;/h4-26H2,1-3H3;1H/q+1;/p-1. The van der Waals surface area contributed by atoms with Crippen molar-refractivity contribution in [2.24, 2.45) is 0 Å². The van der Waals surface area contributed by atoms with Crippen LogP contribution >= 0.6 is 11.6 Å². The van der Waals surface area contributed by atoms with Crippen molar-refractivity contribution in [3.05, 3.63) is 0 Å². The second-order valence-electron chi connectivity index (χ2n) is 9.49. The van der Waals surface area contributed by atoms with Crippen molar-refractivity contribution < 1.29 is 21.5 Å². The monoisotopic (exact) mass is 495 g/mol. The Morgan fingerprint density at radius 2 is 0.724 bits per heavy atom. The Morgan fingerprint density at radius 1 is 0.448 bits per heavy atom. The van der Waals surface area contributed by atoms with Crippen molar-refractivity contribution in [1.82, 2.24) is 0 Å². The SMILES string of the molecule is CCCCCCCCCCC[N+](C)(CCCCl)CCCCCCCCCCC.[Br-]. The van der Waals surface area contributed by atoms with Gasteiger partial charge in [-0.15, -0.1) is 11.6 Å². The van der Waals surface area contributed by atoms with Crippen molar-refractivity contribution in [3.63, 3.8) is 0 Å². The summed E-state index contributed by atoms with van der Waals surface area (Å²) in [5.41, 5.74) is 0. The fourth-order valence-electron chi connectivity index (χ4n) is 4.39. The number of hydrogen-bond acceptors (Lipinski definition) is 0. The van der Waals surface area contributed by atoms with E-state index in [1.807, 2.05) is 0 Å². The van der Waals surface area contributed by atoms with Gasteiger partial charge in [0.25, 0.3) is 0 Å². The number of nitrogens with zero attached hydrogens (tertiary/aromatic N) is 1. The molecule has 1 nitrogen and oxygen atoms in total. The molecule has 29 heavy (non-hydrogen) atoms. The van der Waals surface area contributed by atoms with Gasteiger partial charge in [0.15, 0.2) is 0 Å². The first-order valence-corrected chi connectivity index (χ1v) is 13.6. The largest absolute Gasteiger partial charge is 1.00 e. The van der Waals surface area contributed by atoms with Gasteiger partial charge in [-0.3, -0.25) is 0 Å². The van der Waals surface area contributed by atoms with Crippen molar-refractivity contribution in [1.29, 1.82) is 0 Å². The van der Waals surface area contributed by atoms with Crippen LogP contribution in [-0.4, -0.2) is 37.0 Å². The highest BCUT2D eigenvalue weighted by Crippen LogP contribution is 2.16. The second kappa shape index (κ2) is 25.0. The van der Waals surface area contributed by atoms with Gasteiger partial charge >= 0.3 is 0 Å². The fourth-order valence-corrected chi connectivity index (χ4v) is 4.50. The van der Waals surface area contributed by atoms with E-state index in [0.29, 0.717) is 0 Å². The molecule has 0 aliphatic heterocycles. The zero-order valence-electron chi connectivity index (χ0n) is 20.5. The summed E-state index contributed by atoms with van der Waals surface area (Å²) in [5, 5.41) is 0. The van der Waals surface area contributed by atoms with Crippen LogP contribution in [0.2, 0.25) is 0 Å². The molecule has 0 spiro atoms. The van der Waals surface area contributed by atoms with E-state index in [-0.39, 0.29) is 17.0 Å². The molecule has 0 saturated carbocycles. The minimum Gasteiger partial charge on any atom is -1.00 e. The van der Waals surface area contributed by atoms with E-state index in [4.69, 9.17) is 11.6 Å². The molecule has 0 N–H and O–H groups in total. The number of halogens is 2. The number of hydrogen-bond donors (Lipinski definition) is 0. The molecule has 0 atom stereocenters. The molecule has 0 aromatic heterocycles. The molecule has 0 unspecified atom stereocenters. The molecular weight excluding hydrogens is 442 g/mol. The number of alkyl halides is 1. The van der Waals surface area contributed by atoms with Crippen molar-refractivity contribution >= 4 is 11.6 Å². The zero-order chi connectivity index (χ0) is 20.8. The van der Waals surface area contributed by atoms with Crippen LogP contribution in [0, 0.1) is 0 Å². The van der Waals surface area contributed by atoms with E-state index in [1.54, 1.807) is 0 Å². The average Bonchev–Trinajstić information content (AvgIpc) is 2.70. The summed E-state index contributed by atoms with van der Waals surface area (Å²) in [4.78, 5) is 0. The molecule has 0 aliphatic carbocycles. The maximum absolute atomic E-state index is 6.01. The average molecular weight is 497 g/mol. The normalized spacial score (nSPS) is 11.6. The summed E-state index contributed by atoms with van der Waals surface area (Å²) in [6, 6.07) is 0. The van der Waals surface area contributed by atoms with Gasteiger partial charge in [-0.05, 0) is 25.7 Å². The highest BCUT2D eigenvalue weighted by molar-refractivity contribution is 6.17. The fraction of sp³-hybridized carbons (Fsp3) is 1.00. The topological polar surface area (TPSA) is 0 Å². The Hall–Kier alpha value is 0.730. The molecule has 0 fully saturated rings. The molecule has 0 heterocycles. The molecule has 0 rings (SSSR count). The van der Waals surface area contributed by atoms with Crippen molar-refractivity contribution in [3.8, 4) is 0 Å². The Kier molecular flexibility index (Phi) is 27.5. The van der Waals surface area contributed by atoms with Gasteiger partial charge in [0.05, 0.1) is 26.7 Å². The maximum Gasteiger partial charge on any atom is 0.0796 e. The quantitative estimate of drug-likeness (QED) is 0.0907. The predicted octanol–water partition coefficient (Wildman–Crippen LogP) is 6.13. The third-order valence-corrected chi connectivity index (χ3v) is 6.70. The minimum absolute atomic E-state index is 0. The van der Waals surface area contributed by atoms with Crippen LogP contribution in [0.25, 0.3) is 0 Å². The van der Waals surface area contributed by atoms with Gasteiger partial charge in [0.2, 0.25) is 0 Å². The lowest BCUT2D eigenvalue weighted by atomic mass is 10.1. The summed E-state index contributed by atoms with van der Waals surface area (Å²) in [6.45, 7) is 8.60. The summed E-state index contributed by atoms with van der Waals surface area (Å²) in [5.74, 6) is 0.823. The van der Waals surface area contributed by atoms with Crippen molar-refractivity contribution in [2.75, 3.05) is 32.6 Å². The Morgan fingerprint density at radius 3 is 1.03 bits per heavy atom. The summed E-state index contributed by atoms with van der Waals surface area (Å²) < 4.78 is 1.26. The van der Waals surface area contributed by atoms with Crippen LogP contribution < -0.4 is 17.0 Å². The lowest BCUT2D eigenvalue weighted by molar-refractivity contribution is -0.910. The van der Waals surface area contributed by atoms with E-state index < -0.39 is 0 Å². The molecule has 0 amide bonds. The first-order valence-electron chi connectivity index (χ1n) is 13.1. The van der Waals surface area contributed by atoms with Crippen LogP contribution in [-0.2, 0) is 0 Å². The van der Waals surface area contributed by atoms with E-state index >= 15 is 0 Å². The van der Waals surface area contributed by atoms with Gasteiger partial charge in [-0.2, -0.15) is 0 Å². The molecule has 0 saturated heterocycles. The number of quaternary nitrogens is 1. The van der Waals surface area contributed by atoms with Gasteiger partial charge in [-0.25, -0.2) is 0 Å². The lowest BCUT2D eigenvalue weighted by Gasteiger charge is -2.35. The second-order valence-corrected chi connectivity index (χ2v) is 9.87. The van der Waals surface area contributed by atoms with Crippen LogP contribution in [0.5, 0.6) is 0 Å². The van der Waals surface area contributed by atoms with Crippen molar-refractivity contribution in [2.45, 2.75) is 136 Å². The Bertz CT molecular complexity index is 276. The molecule has 3 heteroatoms. The molecule has 178 valence electrons. The van der Waals surface area contributed by atoms with Gasteiger partial charge < -0.3 is 21.5 Å². The molecule has 0 aliphatic rings. The molecule has 0 radical (unpaired) electrons. The maximum atomic E-state index is 6.01. The van der Waals surface area contributed by atoms with Crippen LogP contribution in [0.1, 0.15) is 136 Å². The van der Waals surface area contributed by atoms with Gasteiger partial charge in [-0.1, -0.05) is 104 Å². The first kappa shape index (κ1) is 31.9. The first-order chi connectivity index (χ1) is 13.7. The van der Waals surface area contributed by atoms with Gasteiger partial charge in [0, 0.05) is 12.3 Å². The molecule has 0 aromatic rings.